The summed E-state index contributed by atoms with van der Waals surface area (Å²) in [6.45, 7) is 2.44. The van der Waals surface area contributed by atoms with Crippen molar-refractivity contribution >= 4 is 29.7 Å². The molecule has 6 nitrogen and oxygen atoms in total. The Labute approximate surface area is 161 Å². The Morgan fingerprint density at radius 1 is 0.667 bits per heavy atom. The van der Waals surface area contributed by atoms with E-state index < -0.39 is 32.9 Å². The molecule has 164 valence electrons. The summed E-state index contributed by atoms with van der Waals surface area (Å²) in [6.07, 6.45) is 1.51. The van der Waals surface area contributed by atoms with E-state index in [1.54, 1.807) is 0 Å². The van der Waals surface area contributed by atoms with E-state index >= 15 is 0 Å². The van der Waals surface area contributed by atoms with E-state index in [-0.39, 0.29) is 0 Å². The van der Waals surface area contributed by atoms with Crippen LogP contribution >= 0.6 is 29.7 Å². The van der Waals surface area contributed by atoms with Gasteiger partial charge in [0.1, 0.15) is 18.7 Å². The number of halogens is 7. The molecule has 3 aliphatic heterocycles. The average Bonchev–Trinajstić information content (AvgIpc) is 3.16. The van der Waals surface area contributed by atoms with E-state index in [0.29, 0.717) is 0 Å². The smallest absolute Gasteiger partial charge is 0.307 e. The van der Waals surface area contributed by atoms with Gasteiger partial charge in [0, 0.05) is 19.6 Å². The maximum atomic E-state index is 10.3. The van der Waals surface area contributed by atoms with Crippen molar-refractivity contribution in [2.45, 2.75) is 57.2 Å². The van der Waals surface area contributed by atoms with Crippen molar-refractivity contribution in [3.63, 3.8) is 0 Å². The van der Waals surface area contributed by atoms with Crippen LogP contribution in [-0.4, -0.2) is 67.6 Å². The largest absolute Gasteiger partial charge is 0.375 e. The van der Waals surface area contributed by atoms with Gasteiger partial charge in [0.2, 0.25) is 15.5 Å². The summed E-state index contributed by atoms with van der Waals surface area (Å²) in [6, 6.07) is 0. The minimum atomic E-state index is -10.7. The number of aliphatic hydroxyl groups is 3. The van der Waals surface area contributed by atoms with Gasteiger partial charge in [0.25, 0.3) is 0 Å². The fourth-order valence-electron chi connectivity index (χ4n) is 3.53. The first-order valence-corrected chi connectivity index (χ1v) is 14.2. The Morgan fingerprint density at radius 3 is 1.04 bits per heavy atom. The van der Waals surface area contributed by atoms with E-state index in [9.17, 15) is 40.5 Å². The minimum absolute atomic E-state index is 0.483. The van der Waals surface area contributed by atoms with Crippen LogP contribution in [-0.2, 0) is 0 Å². The van der Waals surface area contributed by atoms with Gasteiger partial charge in [-0.25, -0.2) is 0 Å². The van der Waals surface area contributed by atoms with E-state index in [1.165, 1.54) is 0 Å². The topological polar surface area (TPSA) is 70.4 Å². The quantitative estimate of drug-likeness (QED) is 0.376. The fourth-order valence-corrected chi connectivity index (χ4v) is 10.3. The van der Waals surface area contributed by atoms with Gasteiger partial charge in [-0.3, -0.25) is 0 Å². The molecule has 3 N–H and O–H groups in total. The molecule has 0 saturated carbocycles. The van der Waals surface area contributed by atoms with Crippen molar-refractivity contribution in [2.75, 3.05) is 19.6 Å². The van der Waals surface area contributed by atoms with Gasteiger partial charge in [-0.1, -0.05) is 0 Å². The SMILES string of the molecule is F[P-](F)(F)(F)(F)F.OC1CCCN1[P+](Br)(N1CCCC1O)N1CCCC1O. The Bertz CT molecular complexity index is 484. The molecule has 3 unspecified atom stereocenters. The van der Waals surface area contributed by atoms with Crippen LogP contribution < -0.4 is 0 Å². The summed E-state index contributed by atoms with van der Waals surface area (Å²) in [5.41, 5.74) is 0. The van der Waals surface area contributed by atoms with Crippen LogP contribution in [0.1, 0.15) is 38.5 Å². The third kappa shape index (κ3) is 6.86. The molecule has 3 heterocycles. The first kappa shape index (κ1) is 24.0. The number of aliphatic hydroxyl groups excluding tert-OH is 3. The number of rotatable bonds is 3. The molecule has 27 heavy (non-hydrogen) atoms. The average molecular weight is 514 g/mol. The van der Waals surface area contributed by atoms with Crippen LogP contribution in [0.15, 0.2) is 0 Å². The van der Waals surface area contributed by atoms with E-state index in [4.69, 9.17) is 0 Å². The van der Waals surface area contributed by atoms with Crippen LogP contribution in [0, 0.1) is 0 Å². The molecule has 0 aromatic rings. The summed E-state index contributed by atoms with van der Waals surface area (Å²) in [5, 5.41) is 31.0. The Morgan fingerprint density at radius 2 is 0.889 bits per heavy atom. The minimum Gasteiger partial charge on any atom is -0.375 e. The van der Waals surface area contributed by atoms with Crippen molar-refractivity contribution in [1.82, 2.24) is 14.0 Å². The molecule has 0 aromatic carbocycles. The molecule has 15 heteroatoms. The van der Waals surface area contributed by atoms with Gasteiger partial charge in [-0.05, 0) is 38.5 Å². The van der Waals surface area contributed by atoms with Crippen LogP contribution in [0.2, 0.25) is 0 Å². The van der Waals surface area contributed by atoms with Crippen molar-refractivity contribution in [3.8, 4) is 0 Å². The third-order valence-corrected chi connectivity index (χ3v) is 11.6. The summed E-state index contributed by atoms with van der Waals surface area (Å²) in [5.74, 6) is 0. The Kier molecular flexibility index (Phi) is 6.59. The van der Waals surface area contributed by atoms with Crippen molar-refractivity contribution in [3.05, 3.63) is 0 Å². The monoisotopic (exact) mass is 513 g/mol. The molecule has 0 aliphatic carbocycles. The maximum Gasteiger partial charge on any atom is 0.307 e. The zero-order valence-corrected chi connectivity index (χ0v) is 17.7. The Hall–Kier alpha value is 0.680. The van der Waals surface area contributed by atoms with Crippen LogP contribution in [0.25, 0.3) is 0 Å². The Balaban J connectivity index is 0.000000321. The van der Waals surface area contributed by atoms with Crippen molar-refractivity contribution in [1.29, 1.82) is 0 Å². The maximum absolute atomic E-state index is 10.7. The molecular weight excluding hydrogens is 490 g/mol. The second kappa shape index (κ2) is 7.42. The summed E-state index contributed by atoms with van der Waals surface area (Å²) in [7, 11) is -10.7. The number of nitrogens with zero attached hydrogens (tertiary/aromatic N) is 3. The first-order chi connectivity index (χ1) is 12.0. The van der Waals surface area contributed by atoms with Crippen LogP contribution in [0.5, 0.6) is 0 Å². The van der Waals surface area contributed by atoms with E-state index in [0.717, 1.165) is 58.2 Å². The second-order valence-corrected chi connectivity index (χ2v) is 14.1. The molecule has 0 radical (unpaired) electrons. The first-order valence-electron chi connectivity index (χ1n) is 8.51. The molecule has 3 fully saturated rings. The van der Waals surface area contributed by atoms with E-state index in [1.807, 2.05) is 0 Å². The fraction of sp³-hybridized carbons (Fsp3) is 1.00. The molecule has 3 rings (SSSR count). The molecule has 0 spiro atoms. The molecule has 3 atom stereocenters. The van der Waals surface area contributed by atoms with Crippen molar-refractivity contribution in [2.24, 2.45) is 0 Å². The zero-order chi connectivity index (χ0) is 20.7. The molecule has 0 aromatic heterocycles. The van der Waals surface area contributed by atoms with Crippen LogP contribution in [0.4, 0.5) is 25.2 Å². The number of hydrogen-bond donors (Lipinski definition) is 3. The normalized spacial score (nSPS) is 36.0. The molecular formula is C12H24BrF6N3O3P2. The molecule has 3 saturated heterocycles. The summed E-state index contributed by atoms with van der Waals surface area (Å²) in [4.78, 5) is 0. The van der Waals surface area contributed by atoms with Gasteiger partial charge < -0.3 is 15.3 Å². The van der Waals surface area contributed by atoms with Gasteiger partial charge >= 0.3 is 39.4 Å². The predicted octanol–water partition coefficient (Wildman–Crippen LogP) is 4.68. The number of hydrogen-bond acceptors (Lipinski definition) is 6. The van der Waals surface area contributed by atoms with Crippen molar-refractivity contribution < 1.29 is 40.5 Å². The molecule has 3 aliphatic rings. The third-order valence-electron chi connectivity index (χ3n) is 4.56. The molecule has 0 bridgehead atoms. The summed E-state index contributed by atoms with van der Waals surface area (Å²) < 4.78 is 65.4. The van der Waals surface area contributed by atoms with Gasteiger partial charge in [0.15, 0.2) is 0 Å². The molecule has 0 amide bonds. The van der Waals surface area contributed by atoms with Gasteiger partial charge in [-0.2, -0.15) is 0 Å². The zero-order valence-electron chi connectivity index (χ0n) is 14.3. The second-order valence-electron chi connectivity index (χ2n) is 6.81. The van der Waals surface area contributed by atoms with Gasteiger partial charge in [0.05, 0.1) is 0 Å². The van der Waals surface area contributed by atoms with Gasteiger partial charge in [-0.15, -0.1) is 14.0 Å². The van der Waals surface area contributed by atoms with Crippen LogP contribution in [0.3, 0.4) is 0 Å². The van der Waals surface area contributed by atoms with E-state index in [2.05, 4.69) is 29.5 Å². The predicted molar refractivity (Wildman–Crippen MR) is 95.3 cm³/mol. The standard InChI is InChI=1S/C12H24BrN3O3P.F6P/c13-20(14-7-1-4-10(14)17,15-8-2-5-11(15)18)16-9-3-6-12(16)19;1-7(2,3,4,5)6/h10-12,17-19H,1-9H2;/q+1;-1. The summed E-state index contributed by atoms with van der Waals surface area (Å²) >= 11 is 3.90.